The minimum atomic E-state index is 0. The molecule has 0 unspecified atom stereocenters. The molecule has 0 bridgehead atoms. The van der Waals surface area contributed by atoms with Gasteiger partial charge in [0.15, 0.2) is 0 Å². The van der Waals surface area contributed by atoms with Gasteiger partial charge in [-0.15, -0.1) is 0 Å². The first-order valence-electron chi connectivity index (χ1n) is 2.09. The van der Waals surface area contributed by atoms with Crippen LogP contribution in [0.1, 0.15) is 0 Å². The molecule has 6 N–H and O–H groups in total. The molecule has 0 fully saturated rings. The van der Waals surface area contributed by atoms with E-state index >= 15 is 0 Å². The first-order chi connectivity index (χ1) is 5.20. The topological polar surface area (TPSA) is 78.1 Å². The summed E-state index contributed by atoms with van der Waals surface area (Å²) in [5, 5.41) is 0. The van der Waals surface area contributed by atoms with Crippen molar-refractivity contribution in [3.8, 4) is 0 Å². The zero-order valence-electron chi connectivity index (χ0n) is 6.04. The molecule has 0 rings (SSSR count). The number of rotatable bonds is 0. The standard InChI is InChI=1S/3CH3NS2.Fe/c3*2-1(3)4;/h3*(H3,2,3,4);/q;;;+3/p-3. The predicted octanol–water partition coefficient (Wildman–Crippen LogP) is -0.672. The van der Waals surface area contributed by atoms with E-state index in [1.807, 2.05) is 0 Å². The zero-order chi connectivity index (χ0) is 10.7. The van der Waals surface area contributed by atoms with Crippen molar-refractivity contribution < 1.29 is 17.1 Å². The van der Waals surface area contributed by atoms with E-state index in [9.17, 15) is 0 Å². The van der Waals surface area contributed by atoms with Crippen molar-refractivity contribution in [3.05, 3.63) is 0 Å². The molecule has 0 aliphatic rings. The minimum Gasteiger partial charge on any atom is -0.415 e. The Bertz CT molecular complexity index is 121. The second-order valence-electron chi connectivity index (χ2n) is 0.957. The van der Waals surface area contributed by atoms with E-state index < -0.39 is 0 Å². The van der Waals surface area contributed by atoms with Crippen molar-refractivity contribution in [2.24, 2.45) is 17.2 Å². The minimum absolute atomic E-state index is 0. The van der Waals surface area contributed by atoms with Gasteiger partial charge in [-0.2, -0.15) is 0 Å². The molecular weight excluding hydrogens is 326 g/mol. The molecule has 3 nitrogen and oxygen atoms in total. The van der Waals surface area contributed by atoms with Crippen LogP contribution in [0.5, 0.6) is 0 Å². The van der Waals surface area contributed by atoms with Crippen molar-refractivity contribution >= 4 is 87.5 Å². The number of thiocarbonyl (C=S) groups is 3. The van der Waals surface area contributed by atoms with E-state index in [1.165, 1.54) is 0 Å². The molecule has 0 aliphatic carbocycles. The van der Waals surface area contributed by atoms with Crippen LogP contribution in [-0.4, -0.2) is 13.0 Å². The summed E-state index contributed by atoms with van der Waals surface area (Å²) in [6.45, 7) is 0. The fourth-order valence-corrected chi connectivity index (χ4v) is 0. The van der Waals surface area contributed by atoms with E-state index in [4.69, 9.17) is 0 Å². The first kappa shape index (κ1) is 23.6. The molecule has 0 atom stereocenters. The van der Waals surface area contributed by atoms with Crippen LogP contribution in [0.3, 0.4) is 0 Å². The second kappa shape index (κ2) is 18.6. The van der Waals surface area contributed by atoms with Gasteiger partial charge in [-0.3, -0.25) is 0 Å². The van der Waals surface area contributed by atoms with Gasteiger partial charge in [-0.1, -0.05) is 13.0 Å². The third kappa shape index (κ3) is 2100. The average molecular weight is 332 g/mol. The Labute approximate surface area is 121 Å². The normalized spacial score (nSPS) is 5.54. The van der Waals surface area contributed by atoms with Crippen molar-refractivity contribution in [2.45, 2.75) is 0 Å². The van der Waals surface area contributed by atoms with Crippen LogP contribution in [0.25, 0.3) is 0 Å². The van der Waals surface area contributed by atoms with Crippen LogP contribution in [-0.2, 0) is 55.0 Å². The molecule has 0 spiro atoms. The maximum absolute atomic E-state index is 4.66. The molecule has 0 aromatic rings. The molecule has 0 aromatic heterocycles. The zero-order valence-corrected chi connectivity index (χ0v) is 12.0. The molecule has 0 aromatic carbocycles. The number of hydrogen-bond donors (Lipinski definition) is 3. The summed E-state index contributed by atoms with van der Waals surface area (Å²) in [6.07, 6.45) is 0. The first-order valence-corrected chi connectivity index (χ1v) is 4.54. The van der Waals surface area contributed by atoms with Crippen molar-refractivity contribution in [1.29, 1.82) is 0 Å². The van der Waals surface area contributed by atoms with E-state index in [1.54, 1.807) is 0 Å². The SMILES string of the molecule is NC(=S)[S-].NC(=S)[S-].NC(=S)[S-].[Fe+3]. The van der Waals surface area contributed by atoms with E-state index in [-0.39, 0.29) is 30.0 Å². The molecular formula is C3H6FeN3S6. The molecule has 0 saturated heterocycles. The maximum Gasteiger partial charge on any atom is 3.00 e. The van der Waals surface area contributed by atoms with Gasteiger partial charge in [0.05, 0.1) is 0 Å². The Kier molecular flexibility index (Phi) is 33.7. The fourth-order valence-electron chi connectivity index (χ4n) is 0. The van der Waals surface area contributed by atoms with Gasteiger partial charge in [0.1, 0.15) is 0 Å². The largest absolute Gasteiger partial charge is 3.00 e. The van der Waals surface area contributed by atoms with Gasteiger partial charge < -0.3 is 91.7 Å². The summed E-state index contributed by atoms with van der Waals surface area (Å²) in [6, 6.07) is 0. The Morgan fingerprint density at radius 1 is 0.692 bits per heavy atom. The number of hydrogen-bond acceptors (Lipinski definition) is 6. The Morgan fingerprint density at radius 3 is 0.692 bits per heavy atom. The Hall–Kier alpha value is 0.849. The summed E-state index contributed by atoms with van der Waals surface area (Å²) < 4.78 is 0.250. The molecule has 10 heteroatoms. The van der Waals surface area contributed by atoms with Gasteiger partial charge in [-0.25, -0.2) is 0 Å². The van der Waals surface area contributed by atoms with Crippen molar-refractivity contribution in [2.75, 3.05) is 0 Å². The smallest absolute Gasteiger partial charge is 0.415 e. The van der Waals surface area contributed by atoms with Crippen LogP contribution in [0.15, 0.2) is 0 Å². The van der Waals surface area contributed by atoms with Crippen LogP contribution < -0.4 is 17.2 Å². The molecule has 0 heterocycles. The predicted molar refractivity (Wildman–Crippen MR) is 72.5 cm³/mol. The average Bonchev–Trinajstić information content (AvgIpc) is 1.54. The van der Waals surface area contributed by atoms with E-state index in [0.717, 1.165) is 0 Å². The summed E-state index contributed by atoms with van der Waals surface area (Å²) in [5.41, 5.74) is 14.0. The molecule has 13 heavy (non-hydrogen) atoms. The molecule has 0 amide bonds. The van der Waals surface area contributed by atoms with Crippen LogP contribution in [0.4, 0.5) is 0 Å². The van der Waals surface area contributed by atoms with E-state index in [0.29, 0.717) is 0 Å². The van der Waals surface area contributed by atoms with Gasteiger partial charge >= 0.3 is 17.1 Å². The summed E-state index contributed by atoms with van der Waals surface area (Å²) in [4.78, 5) is 0. The molecule has 0 aliphatic heterocycles. The fraction of sp³-hybridized carbons (Fsp3) is 0. The van der Waals surface area contributed by atoms with Gasteiger partial charge in [0, 0.05) is 0 Å². The van der Waals surface area contributed by atoms with Crippen molar-refractivity contribution in [1.82, 2.24) is 0 Å². The maximum atomic E-state index is 4.66. The molecule has 77 valence electrons. The van der Waals surface area contributed by atoms with Crippen LogP contribution >= 0.6 is 36.7 Å². The third-order valence-electron chi connectivity index (χ3n) is 0. The van der Waals surface area contributed by atoms with Crippen molar-refractivity contribution in [3.63, 3.8) is 0 Å². The van der Waals surface area contributed by atoms with E-state index in [2.05, 4.69) is 91.7 Å². The summed E-state index contributed by atoms with van der Waals surface area (Å²) in [7, 11) is 0. The molecule has 1 radical (unpaired) electrons. The van der Waals surface area contributed by atoms with Crippen LogP contribution in [0.2, 0.25) is 0 Å². The summed E-state index contributed by atoms with van der Waals surface area (Å²) in [5.74, 6) is 0. The second-order valence-corrected chi connectivity index (χ2v) is 4.37. The van der Waals surface area contributed by atoms with Gasteiger partial charge in [-0.05, 0) is 0 Å². The third-order valence-corrected chi connectivity index (χ3v) is 0. The Morgan fingerprint density at radius 2 is 0.692 bits per heavy atom. The number of nitrogens with two attached hydrogens (primary N) is 3. The molecule has 0 saturated carbocycles. The monoisotopic (exact) mass is 332 g/mol. The Balaban J connectivity index is -0.0000000450. The quantitative estimate of drug-likeness (QED) is 0.304. The van der Waals surface area contributed by atoms with Gasteiger partial charge in [0.25, 0.3) is 0 Å². The summed E-state index contributed by atoms with van der Waals surface area (Å²) >= 11 is 24.8. The van der Waals surface area contributed by atoms with Gasteiger partial charge in [0.2, 0.25) is 0 Å². The van der Waals surface area contributed by atoms with Crippen LogP contribution in [0, 0.1) is 0 Å².